The second-order valence-corrected chi connectivity index (χ2v) is 5.08. The van der Waals surface area contributed by atoms with Gasteiger partial charge in [0.1, 0.15) is 0 Å². The van der Waals surface area contributed by atoms with E-state index < -0.39 is 24.3 Å². The lowest BCUT2D eigenvalue weighted by atomic mass is 9.85. The van der Waals surface area contributed by atoms with Gasteiger partial charge in [0, 0.05) is 13.0 Å². The SMILES string of the molecule is CCOC1(C(O)CCC(F)(F)F)CCCCCC1. The number of aliphatic hydroxyl groups excluding tert-OH is 1. The summed E-state index contributed by atoms with van der Waals surface area (Å²) in [4.78, 5) is 0. The molecule has 1 saturated carbocycles. The molecule has 108 valence electrons. The van der Waals surface area contributed by atoms with Crippen molar-refractivity contribution < 1.29 is 23.0 Å². The Morgan fingerprint density at radius 1 is 1.17 bits per heavy atom. The van der Waals surface area contributed by atoms with Crippen LogP contribution in [0.5, 0.6) is 0 Å². The number of alkyl halides is 3. The lowest BCUT2D eigenvalue weighted by Gasteiger charge is -2.37. The predicted molar refractivity (Wildman–Crippen MR) is 63.4 cm³/mol. The van der Waals surface area contributed by atoms with Gasteiger partial charge in [0.2, 0.25) is 0 Å². The van der Waals surface area contributed by atoms with Crippen molar-refractivity contribution in [3.8, 4) is 0 Å². The molecule has 0 aromatic heterocycles. The Morgan fingerprint density at radius 3 is 2.17 bits per heavy atom. The van der Waals surface area contributed by atoms with Crippen LogP contribution >= 0.6 is 0 Å². The van der Waals surface area contributed by atoms with Gasteiger partial charge >= 0.3 is 6.18 Å². The van der Waals surface area contributed by atoms with E-state index in [1.54, 1.807) is 0 Å². The zero-order chi connectivity index (χ0) is 13.6. The largest absolute Gasteiger partial charge is 0.390 e. The number of rotatable bonds is 5. The van der Waals surface area contributed by atoms with Gasteiger partial charge in [-0.15, -0.1) is 0 Å². The summed E-state index contributed by atoms with van der Waals surface area (Å²) in [7, 11) is 0. The van der Waals surface area contributed by atoms with E-state index in [-0.39, 0.29) is 6.42 Å². The molecule has 1 aliphatic carbocycles. The minimum absolute atomic E-state index is 0.260. The molecular weight excluding hydrogens is 245 g/mol. The molecule has 0 saturated heterocycles. The van der Waals surface area contributed by atoms with Crippen molar-refractivity contribution in [3.63, 3.8) is 0 Å². The minimum Gasteiger partial charge on any atom is -0.390 e. The molecule has 1 N–H and O–H groups in total. The molecule has 0 spiro atoms. The maximum Gasteiger partial charge on any atom is 0.389 e. The topological polar surface area (TPSA) is 29.5 Å². The smallest absolute Gasteiger partial charge is 0.389 e. The van der Waals surface area contributed by atoms with Crippen LogP contribution in [0.2, 0.25) is 0 Å². The highest BCUT2D eigenvalue weighted by Gasteiger charge is 2.40. The van der Waals surface area contributed by atoms with Crippen LogP contribution in [0.4, 0.5) is 13.2 Å². The molecule has 1 unspecified atom stereocenters. The Kier molecular flexibility index (Phi) is 5.92. The number of aliphatic hydroxyl groups is 1. The Labute approximate surface area is 107 Å². The van der Waals surface area contributed by atoms with Crippen LogP contribution in [0, 0.1) is 0 Å². The first kappa shape index (κ1) is 15.8. The molecule has 0 bridgehead atoms. The summed E-state index contributed by atoms with van der Waals surface area (Å²) < 4.78 is 42.3. The minimum atomic E-state index is -4.21. The number of ether oxygens (including phenoxy) is 1. The third kappa shape index (κ3) is 4.76. The van der Waals surface area contributed by atoms with Gasteiger partial charge in [-0.25, -0.2) is 0 Å². The predicted octanol–water partition coefficient (Wildman–Crippen LogP) is 3.82. The Balaban J connectivity index is 2.63. The van der Waals surface area contributed by atoms with Crippen LogP contribution in [-0.2, 0) is 4.74 Å². The average Bonchev–Trinajstić information content (AvgIpc) is 2.52. The molecule has 0 radical (unpaired) electrons. The quantitative estimate of drug-likeness (QED) is 0.768. The summed E-state index contributed by atoms with van der Waals surface area (Å²) in [6, 6.07) is 0. The summed E-state index contributed by atoms with van der Waals surface area (Å²) in [5.74, 6) is 0. The van der Waals surface area contributed by atoms with Crippen molar-refractivity contribution in [2.75, 3.05) is 6.61 Å². The molecule has 2 nitrogen and oxygen atoms in total. The molecule has 1 rings (SSSR count). The lowest BCUT2D eigenvalue weighted by Crippen LogP contribution is -2.45. The van der Waals surface area contributed by atoms with E-state index in [1.807, 2.05) is 6.92 Å². The highest BCUT2D eigenvalue weighted by molar-refractivity contribution is 4.90. The molecule has 0 aromatic carbocycles. The molecule has 5 heteroatoms. The van der Waals surface area contributed by atoms with Gasteiger partial charge in [0.25, 0.3) is 0 Å². The maximum atomic E-state index is 12.2. The first-order valence-electron chi connectivity index (χ1n) is 6.78. The Morgan fingerprint density at radius 2 is 1.72 bits per heavy atom. The van der Waals surface area contributed by atoms with Crippen molar-refractivity contribution in [1.82, 2.24) is 0 Å². The van der Waals surface area contributed by atoms with Crippen LogP contribution in [0.25, 0.3) is 0 Å². The Hall–Kier alpha value is -0.290. The summed E-state index contributed by atoms with van der Waals surface area (Å²) in [5.41, 5.74) is -0.753. The molecule has 0 aliphatic heterocycles. The van der Waals surface area contributed by atoms with E-state index >= 15 is 0 Å². The van der Waals surface area contributed by atoms with E-state index in [4.69, 9.17) is 4.74 Å². The second kappa shape index (κ2) is 6.75. The van der Waals surface area contributed by atoms with Gasteiger partial charge in [-0.3, -0.25) is 0 Å². The van der Waals surface area contributed by atoms with Crippen LogP contribution in [0.3, 0.4) is 0 Å². The van der Waals surface area contributed by atoms with Gasteiger partial charge in [-0.1, -0.05) is 25.7 Å². The number of halogens is 3. The van der Waals surface area contributed by atoms with Gasteiger partial charge in [-0.2, -0.15) is 13.2 Å². The fourth-order valence-electron chi connectivity index (χ4n) is 2.75. The summed E-state index contributed by atoms with van der Waals surface area (Å²) >= 11 is 0. The first-order chi connectivity index (χ1) is 8.40. The van der Waals surface area contributed by atoms with Crippen LogP contribution in [0.1, 0.15) is 58.3 Å². The molecule has 1 atom stereocenters. The standard InChI is InChI=1S/C13H23F3O2/c1-2-18-12(8-5-3-4-6-9-12)11(17)7-10-13(14,15)16/h11,17H,2-10H2,1H3. The summed E-state index contributed by atoms with van der Waals surface area (Å²) in [6.45, 7) is 2.26. The maximum absolute atomic E-state index is 12.2. The fraction of sp³-hybridized carbons (Fsp3) is 1.00. The lowest BCUT2D eigenvalue weighted by molar-refractivity contribution is -0.163. The molecular formula is C13H23F3O2. The van der Waals surface area contributed by atoms with Gasteiger partial charge in [0.15, 0.2) is 0 Å². The zero-order valence-electron chi connectivity index (χ0n) is 10.9. The molecule has 1 fully saturated rings. The average molecular weight is 268 g/mol. The summed E-state index contributed by atoms with van der Waals surface area (Å²) in [5, 5.41) is 10.1. The summed E-state index contributed by atoms with van der Waals surface area (Å²) in [6.07, 6.45) is -1.11. The van der Waals surface area contributed by atoms with Crippen molar-refractivity contribution in [3.05, 3.63) is 0 Å². The highest BCUT2D eigenvalue weighted by Crippen LogP contribution is 2.36. The van der Waals surface area contributed by atoms with Crippen molar-refractivity contribution in [2.45, 2.75) is 76.2 Å². The van der Waals surface area contributed by atoms with E-state index in [2.05, 4.69) is 0 Å². The van der Waals surface area contributed by atoms with E-state index in [0.717, 1.165) is 25.7 Å². The zero-order valence-corrected chi connectivity index (χ0v) is 10.9. The fourth-order valence-corrected chi connectivity index (χ4v) is 2.75. The number of hydrogen-bond donors (Lipinski definition) is 1. The van der Waals surface area contributed by atoms with Crippen LogP contribution < -0.4 is 0 Å². The molecule has 18 heavy (non-hydrogen) atoms. The highest BCUT2D eigenvalue weighted by atomic mass is 19.4. The van der Waals surface area contributed by atoms with Crippen molar-refractivity contribution >= 4 is 0 Å². The molecule has 0 amide bonds. The second-order valence-electron chi connectivity index (χ2n) is 5.08. The third-order valence-electron chi connectivity index (χ3n) is 3.69. The number of hydrogen-bond acceptors (Lipinski definition) is 2. The molecule has 1 aliphatic rings. The normalized spacial score (nSPS) is 22.5. The van der Waals surface area contributed by atoms with Crippen LogP contribution in [-0.4, -0.2) is 29.6 Å². The van der Waals surface area contributed by atoms with Crippen LogP contribution in [0.15, 0.2) is 0 Å². The third-order valence-corrected chi connectivity index (χ3v) is 3.69. The van der Waals surface area contributed by atoms with Gasteiger partial charge in [-0.05, 0) is 26.2 Å². The van der Waals surface area contributed by atoms with E-state index in [1.165, 1.54) is 0 Å². The molecule has 0 heterocycles. The van der Waals surface area contributed by atoms with E-state index in [9.17, 15) is 18.3 Å². The van der Waals surface area contributed by atoms with Gasteiger partial charge < -0.3 is 9.84 Å². The van der Waals surface area contributed by atoms with Crippen molar-refractivity contribution in [2.24, 2.45) is 0 Å². The Bertz CT molecular complexity index is 233. The first-order valence-corrected chi connectivity index (χ1v) is 6.78. The molecule has 0 aromatic rings. The van der Waals surface area contributed by atoms with E-state index in [0.29, 0.717) is 19.4 Å². The van der Waals surface area contributed by atoms with Gasteiger partial charge in [0.05, 0.1) is 11.7 Å². The monoisotopic (exact) mass is 268 g/mol. The van der Waals surface area contributed by atoms with Crippen molar-refractivity contribution in [1.29, 1.82) is 0 Å².